The number of halogens is 2. The fourth-order valence-corrected chi connectivity index (χ4v) is 2.68. The van der Waals surface area contributed by atoms with Gasteiger partial charge in [-0.2, -0.15) is 0 Å². The van der Waals surface area contributed by atoms with Crippen LogP contribution in [0.5, 0.6) is 0 Å². The van der Waals surface area contributed by atoms with Crippen molar-refractivity contribution in [1.82, 2.24) is 5.32 Å². The monoisotopic (exact) mass is 315 g/mol. The van der Waals surface area contributed by atoms with Gasteiger partial charge in [0.05, 0.1) is 12.7 Å². The Labute approximate surface area is 116 Å². The SMILES string of the molecule is CC(C)CC1COC(c2cc(Br)ccc2F)CN1. The van der Waals surface area contributed by atoms with Crippen molar-refractivity contribution in [2.75, 3.05) is 13.2 Å². The van der Waals surface area contributed by atoms with Crippen LogP contribution < -0.4 is 5.32 Å². The first-order valence-corrected chi connectivity index (χ1v) is 7.15. The highest BCUT2D eigenvalue weighted by Crippen LogP contribution is 2.26. The van der Waals surface area contributed by atoms with Crippen LogP contribution in [0.15, 0.2) is 22.7 Å². The summed E-state index contributed by atoms with van der Waals surface area (Å²) in [5.74, 6) is 0.442. The largest absolute Gasteiger partial charge is 0.370 e. The van der Waals surface area contributed by atoms with E-state index in [2.05, 4.69) is 35.1 Å². The van der Waals surface area contributed by atoms with Crippen LogP contribution >= 0.6 is 15.9 Å². The normalized spacial score (nSPS) is 24.5. The predicted octanol–water partition coefficient (Wildman–Crippen LogP) is 3.66. The molecule has 2 nitrogen and oxygen atoms in total. The van der Waals surface area contributed by atoms with E-state index in [0.29, 0.717) is 30.7 Å². The number of ether oxygens (including phenoxy) is 1. The third-order valence-electron chi connectivity index (χ3n) is 3.15. The molecule has 1 N–H and O–H groups in total. The topological polar surface area (TPSA) is 21.3 Å². The number of rotatable bonds is 3. The molecule has 1 aliphatic rings. The van der Waals surface area contributed by atoms with Crippen molar-refractivity contribution in [3.8, 4) is 0 Å². The Morgan fingerprint density at radius 1 is 1.50 bits per heavy atom. The first-order valence-electron chi connectivity index (χ1n) is 6.36. The van der Waals surface area contributed by atoms with Gasteiger partial charge in [-0.15, -0.1) is 0 Å². The van der Waals surface area contributed by atoms with Crippen LogP contribution in [0.25, 0.3) is 0 Å². The summed E-state index contributed by atoms with van der Waals surface area (Å²) in [6.45, 7) is 5.71. The van der Waals surface area contributed by atoms with Gasteiger partial charge in [0.15, 0.2) is 0 Å². The van der Waals surface area contributed by atoms with E-state index in [1.165, 1.54) is 6.07 Å². The maximum atomic E-state index is 13.7. The van der Waals surface area contributed by atoms with Crippen LogP contribution in [0.2, 0.25) is 0 Å². The lowest BCUT2D eigenvalue weighted by Crippen LogP contribution is -2.43. The van der Waals surface area contributed by atoms with E-state index in [-0.39, 0.29) is 11.9 Å². The molecule has 1 saturated heterocycles. The molecule has 0 spiro atoms. The summed E-state index contributed by atoms with van der Waals surface area (Å²) >= 11 is 3.36. The third kappa shape index (κ3) is 3.53. The Morgan fingerprint density at radius 3 is 2.89 bits per heavy atom. The molecule has 2 rings (SSSR count). The molecule has 0 saturated carbocycles. The lowest BCUT2D eigenvalue weighted by molar-refractivity contribution is -0.00314. The number of hydrogen-bond acceptors (Lipinski definition) is 2. The van der Waals surface area contributed by atoms with E-state index in [1.54, 1.807) is 12.1 Å². The molecule has 0 aliphatic carbocycles. The zero-order valence-electron chi connectivity index (χ0n) is 10.7. The summed E-state index contributed by atoms with van der Waals surface area (Å²) in [4.78, 5) is 0. The van der Waals surface area contributed by atoms with E-state index in [1.807, 2.05) is 0 Å². The maximum absolute atomic E-state index is 13.7. The first-order chi connectivity index (χ1) is 8.56. The molecule has 1 fully saturated rings. The Morgan fingerprint density at radius 2 is 2.28 bits per heavy atom. The highest BCUT2D eigenvalue weighted by Gasteiger charge is 2.24. The smallest absolute Gasteiger partial charge is 0.129 e. The highest BCUT2D eigenvalue weighted by atomic mass is 79.9. The van der Waals surface area contributed by atoms with Gasteiger partial charge in [0.2, 0.25) is 0 Å². The van der Waals surface area contributed by atoms with Crippen molar-refractivity contribution in [1.29, 1.82) is 0 Å². The molecule has 2 unspecified atom stereocenters. The quantitative estimate of drug-likeness (QED) is 0.919. The van der Waals surface area contributed by atoms with Crippen LogP contribution in [0.1, 0.15) is 31.9 Å². The molecular weight excluding hydrogens is 297 g/mol. The molecule has 4 heteroatoms. The number of hydrogen-bond donors (Lipinski definition) is 1. The highest BCUT2D eigenvalue weighted by molar-refractivity contribution is 9.10. The molecule has 0 amide bonds. The first kappa shape index (κ1) is 14.0. The molecule has 1 aromatic rings. The Kier molecular flexibility index (Phi) is 4.76. The summed E-state index contributed by atoms with van der Waals surface area (Å²) in [5.41, 5.74) is 0.625. The van der Waals surface area contributed by atoms with Gasteiger partial charge >= 0.3 is 0 Å². The van der Waals surface area contributed by atoms with Gasteiger partial charge in [-0.3, -0.25) is 0 Å². The average molecular weight is 316 g/mol. The lowest BCUT2D eigenvalue weighted by Gasteiger charge is -2.31. The minimum Gasteiger partial charge on any atom is -0.370 e. The van der Waals surface area contributed by atoms with Gasteiger partial charge in [-0.1, -0.05) is 29.8 Å². The van der Waals surface area contributed by atoms with Crippen LogP contribution in [0.4, 0.5) is 4.39 Å². The second kappa shape index (κ2) is 6.13. The minimum atomic E-state index is -0.202. The second-order valence-electron chi connectivity index (χ2n) is 5.22. The fraction of sp³-hybridized carbons (Fsp3) is 0.571. The molecule has 2 atom stereocenters. The van der Waals surface area contributed by atoms with Crippen molar-refractivity contribution in [2.24, 2.45) is 5.92 Å². The van der Waals surface area contributed by atoms with Crippen molar-refractivity contribution < 1.29 is 9.13 Å². The molecule has 0 radical (unpaired) electrons. The molecule has 1 aliphatic heterocycles. The molecule has 0 aromatic heterocycles. The molecule has 0 bridgehead atoms. The van der Waals surface area contributed by atoms with Gasteiger partial charge in [0.25, 0.3) is 0 Å². The molecule has 100 valence electrons. The van der Waals surface area contributed by atoms with E-state index in [4.69, 9.17) is 4.74 Å². The van der Waals surface area contributed by atoms with Crippen LogP contribution in [-0.4, -0.2) is 19.2 Å². The van der Waals surface area contributed by atoms with Crippen molar-refractivity contribution in [2.45, 2.75) is 32.4 Å². The number of morpholine rings is 1. The standard InChI is InChI=1S/C14H19BrFNO/c1-9(2)5-11-8-18-14(7-17-11)12-6-10(15)3-4-13(12)16/h3-4,6,9,11,14,17H,5,7-8H2,1-2H3. The summed E-state index contributed by atoms with van der Waals surface area (Å²) < 4.78 is 20.4. The van der Waals surface area contributed by atoms with Crippen molar-refractivity contribution in [3.05, 3.63) is 34.1 Å². The van der Waals surface area contributed by atoms with Crippen molar-refractivity contribution in [3.63, 3.8) is 0 Å². The minimum absolute atomic E-state index is 0.189. The summed E-state index contributed by atoms with van der Waals surface area (Å²) in [6, 6.07) is 5.36. The Bertz CT molecular complexity index is 403. The molecule has 1 heterocycles. The van der Waals surface area contributed by atoms with E-state index in [9.17, 15) is 4.39 Å². The van der Waals surface area contributed by atoms with Crippen LogP contribution in [-0.2, 0) is 4.74 Å². The third-order valence-corrected chi connectivity index (χ3v) is 3.64. The summed E-state index contributed by atoms with van der Waals surface area (Å²) in [7, 11) is 0. The zero-order chi connectivity index (χ0) is 13.1. The molecule has 18 heavy (non-hydrogen) atoms. The van der Waals surface area contributed by atoms with E-state index < -0.39 is 0 Å². The Balaban J connectivity index is 1.99. The number of benzene rings is 1. The number of nitrogens with one attached hydrogen (secondary N) is 1. The van der Waals surface area contributed by atoms with Gasteiger partial charge in [-0.05, 0) is 30.5 Å². The summed E-state index contributed by atoms with van der Waals surface area (Å²) in [6.07, 6.45) is 0.902. The average Bonchev–Trinajstić information content (AvgIpc) is 2.33. The zero-order valence-corrected chi connectivity index (χ0v) is 12.3. The van der Waals surface area contributed by atoms with Gasteiger partial charge in [0, 0.05) is 22.6 Å². The van der Waals surface area contributed by atoms with Gasteiger partial charge in [0.1, 0.15) is 5.82 Å². The lowest BCUT2D eigenvalue weighted by atomic mass is 10.0. The van der Waals surface area contributed by atoms with E-state index >= 15 is 0 Å². The molecular formula is C14H19BrFNO. The van der Waals surface area contributed by atoms with Crippen LogP contribution in [0, 0.1) is 11.7 Å². The predicted molar refractivity (Wildman–Crippen MR) is 74.0 cm³/mol. The van der Waals surface area contributed by atoms with Crippen LogP contribution in [0.3, 0.4) is 0 Å². The fourth-order valence-electron chi connectivity index (χ4n) is 2.31. The molecule has 1 aromatic carbocycles. The maximum Gasteiger partial charge on any atom is 0.129 e. The Hall–Kier alpha value is -0.450. The van der Waals surface area contributed by atoms with Crippen molar-refractivity contribution >= 4 is 15.9 Å². The second-order valence-corrected chi connectivity index (χ2v) is 6.14. The van der Waals surface area contributed by atoms with E-state index in [0.717, 1.165) is 10.9 Å². The van der Waals surface area contributed by atoms with Gasteiger partial charge < -0.3 is 10.1 Å². The summed E-state index contributed by atoms with van der Waals surface area (Å²) in [5, 5.41) is 3.44. The van der Waals surface area contributed by atoms with Gasteiger partial charge in [-0.25, -0.2) is 4.39 Å².